The SMILES string of the molecule is Cc1c2c(cn(Cc3ccc(F)cc3F)c1=O)NCC2(C)C. The van der Waals surface area contributed by atoms with E-state index in [-0.39, 0.29) is 17.5 Å². The van der Waals surface area contributed by atoms with Crippen molar-refractivity contribution in [3.8, 4) is 0 Å². The molecule has 3 rings (SSSR count). The first kappa shape index (κ1) is 14.8. The van der Waals surface area contributed by atoms with Crippen molar-refractivity contribution in [1.82, 2.24) is 4.57 Å². The van der Waals surface area contributed by atoms with Crippen LogP contribution in [0.1, 0.15) is 30.5 Å². The predicted molar refractivity (Wildman–Crippen MR) is 82.4 cm³/mol. The highest BCUT2D eigenvalue weighted by Crippen LogP contribution is 2.37. The molecule has 1 aromatic carbocycles. The molecule has 0 saturated heterocycles. The number of benzene rings is 1. The van der Waals surface area contributed by atoms with Crippen LogP contribution < -0.4 is 10.9 Å². The van der Waals surface area contributed by atoms with Crippen LogP contribution in [0.5, 0.6) is 0 Å². The molecule has 0 unspecified atom stereocenters. The molecule has 1 N–H and O–H groups in total. The highest BCUT2D eigenvalue weighted by Gasteiger charge is 2.33. The number of fused-ring (bicyclic) bond motifs is 1. The normalized spacial score (nSPS) is 15.5. The topological polar surface area (TPSA) is 34.0 Å². The molecule has 1 aliphatic rings. The average Bonchev–Trinajstić information content (AvgIpc) is 2.74. The van der Waals surface area contributed by atoms with Crippen LogP contribution in [-0.4, -0.2) is 11.1 Å². The molecule has 5 heteroatoms. The third kappa shape index (κ3) is 2.30. The molecule has 0 spiro atoms. The minimum absolute atomic E-state index is 0.0845. The smallest absolute Gasteiger partial charge is 0.254 e. The first-order valence-electron chi connectivity index (χ1n) is 7.22. The number of aromatic nitrogens is 1. The monoisotopic (exact) mass is 304 g/mol. The fourth-order valence-corrected chi connectivity index (χ4v) is 3.16. The van der Waals surface area contributed by atoms with Gasteiger partial charge in [-0.15, -0.1) is 0 Å². The molecule has 0 fully saturated rings. The summed E-state index contributed by atoms with van der Waals surface area (Å²) in [6.07, 6.45) is 1.72. The summed E-state index contributed by atoms with van der Waals surface area (Å²) >= 11 is 0. The van der Waals surface area contributed by atoms with Crippen molar-refractivity contribution in [2.24, 2.45) is 0 Å². The van der Waals surface area contributed by atoms with E-state index in [4.69, 9.17) is 0 Å². The zero-order valence-electron chi connectivity index (χ0n) is 12.8. The third-order valence-corrected chi connectivity index (χ3v) is 4.26. The summed E-state index contributed by atoms with van der Waals surface area (Å²) in [5.41, 5.74) is 2.66. The van der Waals surface area contributed by atoms with Crippen molar-refractivity contribution in [3.63, 3.8) is 0 Å². The highest BCUT2D eigenvalue weighted by molar-refractivity contribution is 5.61. The molecule has 116 valence electrons. The predicted octanol–water partition coefficient (Wildman–Crippen LogP) is 3.19. The molecule has 2 heterocycles. The molecule has 2 aromatic rings. The Labute approximate surface area is 127 Å². The Morgan fingerprint density at radius 2 is 2.05 bits per heavy atom. The van der Waals surface area contributed by atoms with Crippen molar-refractivity contribution >= 4 is 5.69 Å². The first-order chi connectivity index (χ1) is 10.3. The van der Waals surface area contributed by atoms with Gasteiger partial charge in [0.2, 0.25) is 0 Å². The van der Waals surface area contributed by atoms with E-state index in [1.807, 2.05) is 0 Å². The molecule has 22 heavy (non-hydrogen) atoms. The van der Waals surface area contributed by atoms with Gasteiger partial charge in [-0.05, 0) is 18.6 Å². The summed E-state index contributed by atoms with van der Waals surface area (Å²) in [4.78, 5) is 12.5. The Morgan fingerprint density at radius 1 is 1.32 bits per heavy atom. The summed E-state index contributed by atoms with van der Waals surface area (Å²) in [7, 11) is 0. The number of hydrogen-bond acceptors (Lipinski definition) is 2. The van der Waals surface area contributed by atoms with E-state index in [0.717, 1.165) is 23.9 Å². The Balaban J connectivity index is 2.07. The average molecular weight is 304 g/mol. The van der Waals surface area contributed by atoms with Gasteiger partial charge in [0.05, 0.1) is 12.2 Å². The van der Waals surface area contributed by atoms with Crippen LogP contribution in [0, 0.1) is 18.6 Å². The van der Waals surface area contributed by atoms with Crippen molar-refractivity contribution < 1.29 is 8.78 Å². The van der Waals surface area contributed by atoms with Crippen LogP contribution in [0.2, 0.25) is 0 Å². The Bertz CT molecular complexity index is 809. The summed E-state index contributed by atoms with van der Waals surface area (Å²) in [5.74, 6) is -1.26. The number of pyridine rings is 1. The number of anilines is 1. The summed E-state index contributed by atoms with van der Waals surface area (Å²) in [6, 6.07) is 3.41. The molecule has 0 radical (unpaired) electrons. The molecule has 0 bridgehead atoms. The van der Waals surface area contributed by atoms with Crippen molar-refractivity contribution in [1.29, 1.82) is 0 Å². The summed E-state index contributed by atoms with van der Waals surface area (Å²) in [5, 5.41) is 3.29. The van der Waals surface area contributed by atoms with Gasteiger partial charge in [0, 0.05) is 35.3 Å². The summed E-state index contributed by atoms with van der Waals surface area (Å²) in [6.45, 7) is 6.82. The Hall–Kier alpha value is -2.17. The number of halogens is 2. The maximum absolute atomic E-state index is 13.8. The minimum Gasteiger partial charge on any atom is -0.383 e. The Morgan fingerprint density at radius 3 is 2.73 bits per heavy atom. The van der Waals surface area contributed by atoms with Gasteiger partial charge in [0.1, 0.15) is 11.6 Å². The first-order valence-corrected chi connectivity index (χ1v) is 7.22. The van der Waals surface area contributed by atoms with E-state index in [1.165, 1.54) is 16.7 Å². The van der Waals surface area contributed by atoms with E-state index in [1.54, 1.807) is 13.1 Å². The molecule has 0 saturated carbocycles. The lowest BCUT2D eigenvalue weighted by molar-refractivity contribution is 0.562. The van der Waals surface area contributed by atoms with Gasteiger partial charge >= 0.3 is 0 Å². The van der Waals surface area contributed by atoms with Gasteiger partial charge in [-0.1, -0.05) is 19.9 Å². The van der Waals surface area contributed by atoms with Gasteiger partial charge in [-0.3, -0.25) is 4.79 Å². The number of nitrogens with zero attached hydrogens (tertiary/aromatic N) is 1. The van der Waals surface area contributed by atoms with Crippen molar-refractivity contribution in [2.75, 3.05) is 11.9 Å². The molecular formula is C17H18F2N2O. The largest absolute Gasteiger partial charge is 0.383 e. The molecule has 1 aliphatic heterocycles. The summed E-state index contributed by atoms with van der Waals surface area (Å²) < 4.78 is 28.2. The van der Waals surface area contributed by atoms with Crippen LogP contribution in [0.3, 0.4) is 0 Å². The maximum Gasteiger partial charge on any atom is 0.254 e. The van der Waals surface area contributed by atoms with E-state index in [0.29, 0.717) is 11.1 Å². The van der Waals surface area contributed by atoms with Gasteiger partial charge in [0.25, 0.3) is 5.56 Å². The molecule has 0 amide bonds. The fourth-order valence-electron chi connectivity index (χ4n) is 3.16. The van der Waals surface area contributed by atoms with Crippen LogP contribution in [0.4, 0.5) is 14.5 Å². The van der Waals surface area contributed by atoms with E-state index >= 15 is 0 Å². The van der Waals surface area contributed by atoms with Crippen molar-refractivity contribution in [3.05, 3.63) is 63.1 Å². The quantitative estimate of drug-likeness (QED) is 0.924. The van der Waals surface area contributed by atoms with E-state index in [2.05, 4.69) is 19.2 Å². The second-order valence-corrected chi connectivity index (χ2v) is 6.45. The molecule has 0 aliphatic carbocycles. The standard InChI is InChI=1S/C17H18F2N2O/c1-10-15-14(20-9-17(15,2)3)8-21(16(10)22)7-11-4-5-12(18)6-13(11)19/h4-6,8,20H,7,9H2,1-3H3. The zero-order chi connectivity index (χ0) is 16.1. The third-order valence-electron chi connectivity index (χ3n) is 4.26. The van der Waals surface area contributed by atoms with Gasteiger partial charge < -0.3 is 9.88 Å². The van der Waals surface area contributed by atoms with Gasteiger partial charge in [-0.2, -0.15) is 0 Å². The van der Waals surface area contributed by atoms with Gasteiger partial charge in [0.15, 0.2) is 0 Å². The van der Waals surface area contributed by atoms with Crippen LogP contribution in [0.15, 0.2) is 29.2 Å². The molecule has 0 atom stereocenters. The number of hydrogen-bond donors (Lipinski definition) is 1. The van der Waals surface area contributed by atoms with Crippen LogP contribution in [-0.2, 0) is 12.0 Å². The molecular weight excluding hydrogens is 286 g/mol. The van der Waals surface area contributed by atoms with Crippen LogP contribution in [0.25, 0.3) is 0 Å². The second-order valence-electron chi connectivity index (χ2n) is 6.45. The van der Waals surface area contributed by atoms with Crippen molar-refractivity contribution in [2.45, 2.75) is 32.7 Å². The lowest BCUT2D eigenvalue weighted by atomic mass is 9.85. The van der Waals surface area contributed by atoms with Crippen LogP contribution >= 0.6 is 0 Å². The lowest BCUT2D eigenvalue weighted by Gasteiger charge is -2.20. The van der Waals surface area contributed by atoms with E-state index < -0.39 is 11.6 Å². The lowest BCUT2D eigenvalue weighted by Crippen LogP contribution is -2.27. The minimum atomic E-state index is -0.640. The molecule has 1 aromatic heterocycles. The Kier molecular flexibility index (Phi) is 3.31. The number of nitrogens with one attached hydrogen (secondary N) is 1. The molecule has 3 nitrogen and oxygen atoms in total. The highest BCUT2D eigenvalue weighted by atomic mass is 19.1. The number of rotatable bonds is 2. The van der Waals surface area contributed by atoms with Gasteiger partial charge in [-0.25, -0.2) is 8.78 Å². The fraction of sp³-hybridized carbons (Fsp3) is 0.353. The maximum atomic E-state index is 13.8. The van der Waals surface area contributed by atoms with E-state index in [9.17, 15) is 13.6 Å². The second kappa shape index (κ2) is 4.93. The zero-order valence-corrected chi connectivity index (χ0v) is 12.8.